The van der Waals surface area contributed by atoms with Crippen molar-refractivity contribution in [1.29, 1.82) is 0 Å². The molecule has 108 valence electrons. The average molecular weight is 286 g/mol. The molecule has 1 aromatic heterocycles. The molecular formula is C16H15FN2O2. The summed E-state index contributed by atoms with van der Waals surface area (Å²) in [6.07, 6.45) is 1.23. The van der Waals surface area contributed by atoms with Crippen molar-refractivity contribution in [3.63, 3.8) is 0 Å². The lowest BCUT2D eigenvalue weighted by Crippen LogP contribution is -2.09. The molecule has 0 aliphatic rings. The molecule has 0 fully saturated rings. The second kappa shape index (κ2) is 5.83. The molecule has 4 nitrogen and oxygen atoms in total. The largest absolute Gasteiger partial charge is 0.383 e. The quantitative estimate of drug-likeness (QED) is 0.876. The molecule has 5 heteroatoms. The third kappa shape index (κ3) is 2.67. The molecule has 0 saturated heterocycles. The molecule has 2 aromatic rings. The van der Waals surface area contributed by atoms with Crippen LogP contribution in [0.15, 0.2) is 24.3 Å². The minimum Gasteiger partial charge on any atom is -0.383 e. The van der Waals surface area contributed by atoms with Gasteiger partial charge in [0, 0.05) is 11.1 Å². The summed E-state index contributed by atoms with van der Waals surface area (Å²) >= 11 is 0. The number of hydrogen-bond acceptors (Lipinski definition) is 4. The van der Waals surface area contributed by atoms with Crippen LogP contribution in [0.5, 0.6) is 0 Å². The van der Waals surface area contributed by atoms with Crippen LogP contribution in [0.1, 0.15) is 46.2 Å². The Morgan fingerprint density at radius 1 is 1.10 bits per heavy atom. The molecule has 1 aromatic carbocycles. The second-order valence-corrected chi connectivity index (χ2v) is 4.98. The number of anilines is 1. The third-order valence-corrected chi connectivity index (χ3v) is 3.25. The summed E-state index contributed by atoms with van der Waals surface area (Å²) in [7, 11) is 0. The van der Waals surface area contributed by atoms with Gasteiger partial charge in [-0.15, -0.1) is 0 Å². The van der Waals surface area contributed by atoms with Crippen molar-refractivity contribution in [2.75, 3.05) is 5.73 Å². The lowest BCUT2D eigenvalue weighted by atomic mass is 9.91. The van der Waals surface area contributed by atoms with Crippen molar-refractivity contribution in [3.05, 3.63) is 46.9 Å². The number of aldehydes is 2. The van der Waals surface area contributed by atoms with Crippen LogP contribution in [-0.2, 0) is 0 Å². The summed E-state index contributed by atoms with van der Waals surface area (Å²) in [4.78, 5) is 27.0. The van der Waals surface area contributed by atoms with E-state index in [1.807, 2.05) is 13.8 Å². The maximum Gasteiger partial charge on any atom is 0.154 e. The first-order chi connectivity index (χ1) is 9.99. The molecule has 0 radical (unpaired) electrons. The summed E-state index contributed by atoms with van der Waals surface area (Å²) in [5.41, 5.74) is 7.76. The zero-order chi connectivity index (χ0) is 15.6. The van der Waals surface area contributed by atoms with Crippen LogP contribution in [0.4, 0.5) is 10.2 Å². The number of carbonyl (C=O) groups is 2. The highest BCUT2D eigenvalue weighted by molar-refractivity contribution is 6.00. The highest BCUT2D eigenvalue weighted by Crippen LogP contribution is 2.33. The first-order valence-electron chi connectivity index (χ1n) is 6.49. The second-order valence-electron chi connectivity index (χ2n) is 4.98. The van der Waals surface area contributed by atoms with E-state index in [1.54, 1.807) is 0 Å². The number of nitrogens with two attached hydrogens (primary N) is 1. The first-order valence-corrected chi connectivity index (χ1v) is 6.49. The maximum absolute atomic E-state index is 13.1. The van der Waals surface area contributed by atoms with Crippen molar-refractivity contribution < 1.29 is 14.0 Å². The molecular weight excluding hydrogens is 271 g/mol. The van der Waals surface area contributed by atoms with Gasteiger partial charge in [0.15, 0.2) is 12.6 Å². The lowest BCUT2D eigenvalue weighted by molar-refractivity contribution is 0.112. The van der Waals surface area contributed by atoms with Crippen LogP contribution in [-0.4, -0.2) is 17.6 Å². The van der Waals surface area contributed by atoms with Crippen molar-refractivity contribution in [1.82, 2.24) is 4.98 Å². The molecule has 0 saturated carbocycles. The summed E-state index contributed by atoms with van der Waals surface area (Å²) in [5, 5.41) is 0. The van der Waals surface area contributed by atoms with E-state index in [0.717, 1.165) is 0 Å². The number of carbonyl (C=O) groups excluding carboxylic acids is 2. The predicted octanol–water partition coefficient (Wildman–Crippen LogP) is 3.22. The predicted molar refractivity (Wildman–Crippen MR) is 78.9 cm³/mol. The van der Waals surface area contributed by atoms with E-state index in [2.05, 4.69) is 4.98 Å². The summed E-state index contributed by atoms with van der Waals surface area (Å²) in [6, 6.07) is 5.55. The Hall–Kier alpha value is -2.56. The molecule has 2 rings (SSSR count). The number of benzene rings is 1. The zero-order valence-corrected chi connectivity index (χ0v) is 11.8. The van der Waals surface area contributed by atoms with Gasteiger partial charge in [-0.3, -0.25) is 9.59 Å². The number of halogens is 1. The maximum atomic E-state index is 13.1. The van der Waals surface area contributed by atoms with E-state index in [9.17, 15) is 14.0 Å². The number of nitrogens with zero attached hydrogens (tertiary/aromatic N) is 1. The smallest absolute Gasteiger partial charge is 0.154 e. The average Bonchev–Trinajstić information content (AvgIpc) is 2.46. The van der Waals surface area contributed by atoms with Crippen LogP contribution in [0, 0.1) is 5.82 Å². The zero-order valence-electron chi connectivity index (χ0n) is 11.8. The molecule has 1 heterocycles. The van der Waals surface area contributed by atoms with Crippen molar-refractivity contribution in [2.24, 2.45) is 0 Å². The fourth-order valence-electron chi connectivity index (χ4n) is 2.26. The van der Waals surface area contributed by atoms with Gasteiger partial charge in [0.1, 0.15) is 11.6 Å². The van der Waals surface area contributed by atoms with Gasteiger partial charge in [-0.25, -0.2) is 9.37 Å². The van der Waals surface area contributed by atoms with E-state index in [0.29, 0.717) is 35.0 Å². The van der Waals surface area contributed by atoms with Crippen LogP contribution in [0.25, 0.3) is 11.1 Å². The Labute approximate surface area is 121 Å². The molecule has 0 aliphatic heterocycles. The Morgan fingerprint density at radius 2 is 1.67 bits per heavy atom. The van der Waals surface area contributed by atoms with Crippen molar-refractivity contribution in [2.45, 2.75) is 19.8 Å². The molecule has 0 bridgehead atoms. The lowest BCUT2D eigenvalue weighted by Gasteiger charge is -2.16. The van der Waals surface area contributed by atoms with Crippen LogP contribution in [0.2, 0.25) is 0 Å². The Bertz CT molecular complexity index is 694. The summed E-state index contributed by atoms with van der Waals surface area (Å²) < 4.78 is 13.1. The van der Waals surface area contributed by atoms with E-state index < -0.39 is 5.82 Å². The van der Waals surface area contributed by atoms with E-state index >= 15 is 0 Å². The standard InChI is InChI=1S/C16H15FN2O2/c1-9(2)15-12(7-20)14(13(8-21)16(18)19-15)10-3-5-11(17)6-4-10/h3-9H,1-2H3,(H2,18,19). The van der Waals surface area contributed by atoms with Crippen LogP contribution >= 0.6 is 0 Å². The number of pyridine rings is 1. The minimum absolute atomic E-state index is 0.0348. The first kappa shape index (κ1) is 14.8. The van der Waals surface area contributed by atoms with Gasteiger partial charge in [-0.05, 0) is 23.6 Å². The Balaban J connectivity index is 2.86. The van der Waals surface area contributed by atoms with Gasteiger partial charge in [0.2, 0.25) is 0 Å². The molecule has 0 amide bonds. The fourth-order valence-corrected chi connectivity index (χ4v) is 2.26. The van der Waals surface area contributed by atoms with Gasteiger partial charge in [0.25, 0.3) is 0 Å². The van der Waals surface area contributed by atoms with Crippen LogP contribution < -0.4 is 5.73 Å². The minimum atomic E-state index is -0.398. The van der Waals surface area contributed by atoms with E-state index in [1.165, 1.54) is 24.3 Å². The SMILES string of the molecule is CC(C)c1nc(N)c(C=O)c(-c2ccc(F)cc2)c1C=O. The fraction of sp³-hybridized carbons (Fsp3) is 0.188. The Morgan fingerprint density at radius 3 is 2.14 bits per heavy atom. The molecule has 2 N–H and O–H groups in total. The number of nitrogen functional groups attached to an aromatic ring is 1. The van der Waals surface area contributed by atoms with Gasteiger partial charge < -0.3 is 5.73 Å². The summed E-state index contributed by atoms with van der Waals surface area (Å²) in [6.45, 7) is 3.76. The number of hydrogen-bond donors (Lipinski definition) is 1. The molecule has 0 atom stereocenters. The van der Waals surface area contributed by atoms with Gasteiger partial charge >= 0.3 is 0 Å². The molecule has 0 aliphatic carbocycles. The van der Waals surface area contributed by atoms with Gasteiger partial charge in [0.05, 0.1) is 11.3 Å². The van der Waals surface area contributed by atoms with Gasteiger partial charge in [-0.1, -0.05) is 26.0 Å². The van der Waals surface area contributed by atoms with Crippen molar-refractivity contribution in [3.8, 4) is 11.1 Å². The monoisotopic (exact) mass is 286 g/mol. The van der Waals surface area contributed by atoms with Crippen molar-refractivity contribution >= 4 is 18.4 Å². The third-order valence-electron chi connectivity index (χ3n) is 3.25. The number of aromatic nitrogens is 1. The van der Waals surface area contributed by atoms with Gasteiger partial charge in [-0.2, -0.15) is 0 Å². The highest BCUT2D eigenvalue weighted by Gasteiger charge is 2.20. The Kier molecular flexibility index (Phi) is 4.12. The van der Waals surface area contributed by atoms with E-state index in [-0.39, 0.29) is 17.3 Å². The summed E-state index contributed by atoms with van der Waals surface area (Å²) in [5.74, 6) is -0.365. The van der Waals surface area contributed by atoms with E-state index in [4.69, 9.17) is 5.73 Å². The molecule has 21 heavy (non-hydrogen) atoms. The topological polar surface area (TPSA) is 73.0 Å². The molecule has 0 spiro atoms. The highest BCUT2D eigenvalue weighted by atomic mass is 19.1. The molecule has 0 unspecified atom stereocenters. The normalized spacial score (nSPS) is 10.7. The van der Waals surface area contributed by atoms with Crippen LogP contribution in [0.3, 0.4) is 0 Å². The number of rotatable bonds is 4.